The largest absolute Gasteiger partial charge is 0.481 e. The van der Waals surface area contributed by atoms with Gasteiger partial charge in [0.05, 0.1) is 5.69 Å². The maximum Gasteiger partial charge on any atom is 0.303 e. The third kappa shape index (κ3) is 17.9. The van der Waals surface area contributed by atoms with Crippen molar-refractivity contribution < 1.29 is 14.7 Å². The molecule has 0 unspecified atom stereocenters. The van der Waals surface area contributed by atoms with Crippen LogP contribution in [-0.4, -0.2) is 22.7 Å². The standard InChI is InChI=1S/C29H49NO3S/c1-25(2)19-14-12-10-8-6-4-3-5-7-9-11-13-15-22-28(31)30-26-20-16-17-21-27(26)34-24-18-23-29(32)33/h16-17,20-21,25H,3-15,18-19,22-24H2,1-2H3,(H,30,31)(H,32,33). The van der Waals surface area contributed by atoms with Crippen LogP contribution in [0.15, 0.2) is 29.2 Å². The summed E-state index contributed by atoms with van der Waals surface area (Å²) in [6.45, 7) is 4.63. The Morgan fingerprint density at radius 2 is 1.29 bits per heavy atom. The topological polar surface area (TPSA) is 66.4 Å². The summed E-state index contributed by atoms with van der Waals surface area (Å²) in [6.07, 6.45) is 19.8. The molecular weight excluding hydrogens is 442 g/mol. The Kier molecular flexibility index (Phi) is 18.7. The number of carboxylic acid groups (broad SMARTS) is 1. The molecule has 0 aliphatic rings. The van der Waals surface area contributed by atoms with Crippen LogP contribution in [0.1, 0.15) is 123 Å². The summed E-state index contributed by atoms with van der Waals surface area (Å²) >= 11 is 1.60. The van der Waals surface area contributed by atoms with Crippen LogP contribution in [0.25, 0.3) is 0 Å². The van der Waals surface area contributed by atoms with Crippen LogP contribution in [0, 0.1) is 5.92 Å². The molecule has 0 atom stereocenters. The van der Waals surface area contributed by atoms with Gasteiger partial charge in [0.15, 0.2) is 0 Å². The Labute approximate surface area is 213 Å². The SMILES string of the molecule is CC(C)CCCCCCCCCCCCCCCC(=O)Nc1ccccc1SCCCC(=O)O. The number of rotatable bonds is 22. The van der Waals surface area contributed by atoms with Crippen LogP contribution in [0.2, 0.25) is 0 Å². The summed E-state index contributed by atoms with van der Waals surface area (Å²) in [6, 6.07) is 7.77. The molecule has 0 heterocycles. The van der Waals surface area contributed by atoms with Crippen molar-refractivity contribution in [2.75, 3.05) is 11.1 Å². The van der Waals surface area contributed by atoms with Crippen molar-refractivity contribution in [3.8, 4) is 0 Å². The Morgan fingerprint density at radius 1 is 0.765 bits per heavy atom. The van der Waals surface area contributed by atoms with Crippen LogP contribution in [-0.2, 0) is 9.59 Å². The highest BCUT2D eigenvalue weighted by molar-refractivity contribution is 7.99. The van der Waals surface area contributed by atoms with E-state index in [-0.39, 0.29) is 12.3 Å². The van der Waals surface area contributed by atoms with Gasteiger partial charge in [-0.25, -0.2) is 0 Å². The highest BCUT2D eigenvalue weighted by Crippen LogP contribution is 2.28. The first-order chi connectivity index (χ1) is 16.5. The van der Waals surface area contributed by atoms with Crippen molar-refractivity contribution >= 4 is 29.3 Å². The molecule has 0 aliphatic heterocycles. The summed E-state index contributed by atoms with van der Waals surface area (Å²) < 4.78 is 0. The van der Waals surface area contributed by atoms with Crippen LogP contribution in [0.4, 0.5) is 5.69 Å². The molecule has 34 heavy (non-hydrogen) atoms. The van der Waals surface area contributed by atoms with Crippen LogP contribution >= 0.6 is 11.8 Å². The number of unbranched alkanes of at least 4 members (excludes halogenated alkanes) is 12. The second-order valence-electron chi connectivity index (χ2n) is 9.92. The molecule has 0 aromatic heterocycles. The first-order valence-electron chi connectivity index (χ1n) is 13.7. The van der Waals surface area contributed by atoms with Gasteiger partial charge in [-0.2, -0.15) is 0 Å². The third-order valence-electron chi connectivity index (χ3n) is 6.14. The molecule has 0 saturated carbocycles. The molecule has 4 nitrogen and oxygen atoms in total. The van der Waals surface area contributed by atoms with Gasteiger partial charge in [0.25, 0.3) is 0 Å². The van der Waals surface area contributed by atoms with E-state index in [1.54, 1.807) is 11.8 Å². The molecule has 0 radical (unpaired) electrons. The van der Waals surface area contributed by atoms with Crippen LogP contribution in [0.5, 0.6) is 0 Å². The molecule has 0 fully saturated rings. The number of thioether (sulfide) groups is 1. The Morgan fingerprint density at radius 3 is 1.85 bits per heavy atom. The van der Waals surface area contributed by atoms with E-state index < -0.39 is 5.97 Å². The van der Waals surface area contributed by atoms with Gasteiger partial charge in [0.1, 0.15) is 0 Å². The number of hydrogen-bond acceptors (Lipinski definition) is 3. The summed E-state index contributed by atoms with van der Waals surface area (Å²) in [4.78, 5) is 24.0. The van der Waals surface area contributed by atoms with Gasteiger partial charge >= 0.3 is 5.97 Å². The molecule has 0 aliphatic carbocycles. The lowest BCUT2D eigenvalue weighted by molar-refractivity contribution is -0.137. The fourth-order valence-corrected chi connectivity index (χ4v) is 5.05. The smallest absolute Gasteiger partial charge is 0.303 e. The number of benzene rings is 1. The van der Waals surface area contributed by atoms with E-state index in [4.69, 9.17) is 5.11 Å². The lowest BCUT2D eigenvalue weighted by Gasteiger charge is -2.10. The van der Waals surface area contributed by atoms with E-state index in [0.717, 1.165) is 35.1 Å². The van der Waals surface area contributed by atoms with E-state index >= 15 is 0 Å². The molecule has 1 aromatic rings. The van der Waals surface area contributed by atoms with Crippen molar-refractivity contribution in [3.05, 3.63) is 24.3 Å². The average molecular weight is 492 g/mol. The van der Waals surface area contributed by atoms with Crippen molar-refractivity contribution in [1.82, 2.24) is 0 Å². The fraction of sp³-hybridized carbons (Fsp3) is 0.724. The Bertz CT molecular complexity index is 663. The summed E-state index contributed by atoms with van der Waals surface area (Å²) in [7, 11) is 0. The third-order valence-corrected chi connectivity index (χ3v) is 7.30. The number of nitrogens with one attached hydrogen (secondary N) is 1. The molecule has 5 heteroatoms. The van der Waals surface area contributed by atoms with E-state index in [1.807, 2.05) is 24.3 Å². The van der Waals surface area contributed by atoms with Crippen molar-refractivity contribution in [2.45, 2.75) is 128 Å². The summed E-state index contributed by atoms with van der Waals surface area (Å²) in [5.74, 6) is 0.897. The average Bonchev–Trinajstić information content (AvgIpc) is 2.80. The second kappa shape index (κ2) is 20.8. The lowest BCUT2D eigenvalue weighted by atomic mass is 10.0. The number of carbonyl (C=O) groups excluding carboxylic acids is 1. The summed E-state index contributed by atoms with van der Waals surface area (Å²) in [5.41, 5.74) is 0.836. The molecule has 1 amide bonds. The Balaban J connectivity index is 1.98. The maximum absolute atomic E-state index is 12.3. The van der Waals surface area contributed by atoms with Crippen LogP contribution in [0.3, 0.4) is 0 Å². The van der Waals surface area contributed by atoms with Crippen LogP contribution < -0.4 is 5.32 Å². The quantitative estimate of drug-likeness (QED) is 0.125. The summed E-state index contributed by atoms with van der Waals surface area (Å²) in [5, 5.41) is 11.8. The maximum atomic E-state index is 12.3. The number of carboxylic acids is 1. The second-order valence-corrected chi connectivity index (χ2v) is 11.1. The Hall–Kier alpha value is -1.49. The number of hydrogen-bond donors (Lipinski definition) is 2. The molecule has 0 saturated heterocycles. The van der Waals surface area contributed by atoms with Gasteiger partial charge in [0.2, 0.25) is 5.91 Å². The highest BCUT2D eigenvalue weighted by atomic mass is 32.2. The predicted octanol–water partition coefficient (Wildman–Crippen LogP) is 9.09. The number of carbonyl (C=O) groups is 2. The van der Waals surface area contributed by atoms with Gasteiger partial charge in [-0.3, -0.25) is 9.59 Å². The fourth-order valence-electron chi connectivity index (χ4n) is 4.10. The van der Waals surface area contributed by atoms with E-state index in [9.17, 15) is 9.59 Å². The molecule has 0 spiro atoms. The van der Waals surface area contributed by atoms with Crippen molar-refractivity contribution in [1.29, 1.82) is 0 Å². The normalized spacial score (nSPS) is 11.1. The zero-order valence-corrected chi connectivity index (χ0v) is 22.6. The number of para-hydroxylation sites is 1. The van der Waals surface area contributed by atoms with Gasteiger partial charge in [-0.15, -0.1) is 11.8 Å². The zero-order chi connectivity index (χ0) is 24.9. The minimum Gasteiger partial charge on any atom is -0.481 e. The van der Waals surface area contributed by atoms with Crippen molar-refractivity contribution in [2.24, 2.45) is 5.92 Å². The number of aliphatic carboxylic acids is 1. The monoisotopic (exact) mass is 491 g/mol. The first-order valence-corrected chi connectivity index (χ1v) is 14.7. The van der Waals surface area contributed by atoms with Gasteiger partial charge in [0, 0.05) is 17.7 Å². The highest BCUT2D eigenvalue weighted by Gasteiger charge is 2.07. The van der Waals surface area contributed by atoms with E-state index in [2.05, 4.69) is 19.2 Å². The minimum atomic E-state index is -0.763. The van der Waals surface area contributed by atoms with E-state index in [1.165, 1.54) is 77.0 Å². The number of anilines is 1. The molecule has 194 valence electrons. The van der Waals surface area contributed by atoms with Gasteiger partial charge in [-0.1, -0.05) is 109 Å². The predicted molar refractivity (Wildman–Crippen MR) is 147 cm³/mol. The minimum absolute atomic E-state index is 0.0720. The number of amides is 1. The van der Waals surface area contributed by atoms with E-state index in [0.29, 0.717) is 12.8 Å². The molecule has 2 N–H and O–H groups in total. The molecule has 1 rings (SSSR count). The first kappa shape index (κ1) is 30.5. The van der Waals surface area contributed by atoms with Gasteiger partial charge in [-0.05, 0) is 36.6 Å². The van der Waals surface area contributed by atoms with Gasteiger partial charge < -0.3 is 10.4 Å². The molecule has 1 aromatic carbocycles. The zero-order valence-electron chi connectivity index (χ0n) is 21.8. The van der Waals surface area contributed by atoms with Crippen molar-refractivity contribution in [3.63, 3.8) is 0 Å². The molecular formula is C29H49NO3S. The molecule has 0 bridgehead atoms. The lowest BCUT2D eigenvalue weighted by Crippen LogP contribution is -2.11.